The van der Waals surface area contributed by atoms with Crippen LogP contribution in [0.25, 0.3) is 0 Å². The van der Waals surface area contributed by atoms with Crippen molar-refractivity contribution >= 4 is 28.0 Å². The number of rotatable bonds is 3. The van der Waals surface area contributed by atoms with Gasteiger partial charge in [-0.3, -0.25) is 4.90 Å². The van der Waals surface area contributed by atoms with E-state index in [1.54, 1.807) is 0 Å². The lowest BCUT2D eigenvalue weighted by atomic mass is 9.94. The van der Waals surface area contributed by atoms with Crippen LogP contribution in [0.1, 0.15) is 11.1 Å². The number of hydrogen-bond acceptors (Lipinski definition) is 3. The molecule has 0 saturated heterocycles. The molecular formula is C14H14BrNO4. The van der Waals surface area contributed by atoms with Crippen LogP contribution < -0.4 is 0 Å². The zero-order valence-corrected chi connectivity index (χ0v) is 12.3. The van der Waals surface area contributed by atoms with Crippen molar-refractivity contribution in [1.82, 2.24) is 4.90 Å². The number of carboxylic acid groups (broad SMARTS) is 1. The Morgan fingerprint density at radius 2 is 2.25 bits per heavy atom. The van der Waals surface area contributed by atoms with Crippen LogP contribution in [0.15, 0.2) is 35.3 Å². The molecule has 0 spiro atoms. The van der Waals surface area contributed by atoms with Crippen LogP contribution in [0.5, 0.6) is 0 Å². The van der Waals surface area contributed by atoms with Gasteiger partial charge in [0.1, 0.15) is 12.6 Å². The monoisotopic (exact) mass is 339 g/mol. The molecule has 1 aliphatic heterocycles. The molecule has 20 heavy (non-hydrogen) atoms. The lowest BCUT2D eigenvalue weighted by Gasteiger charge is -2.33. The molecule has 1 amide bonds. The van der Waals surface area contributed by atoms with Gasteiger partial charge in [-0.05, 0) is 23.3 Å². The van der Waals surface area contributed by atoms with E-state index in [-0.39, 0.29) is 19.6 Å². The first-order valence-corrected chi connectivity index (χ1v) is 6.86. The number of nitrogens with zero attached hydrogens (tertiary/aromatic N) is 1. The van der Waals surface area contributed by atoms with E-state index in [0.29, 0.717) is 0 Å². The molecule has 2 rings (SSSR count). The number of aliphatic carboxylic acids is 1. The van der Waals surface area contributed by atoms with Crippen LogP contribution in [0.3, 0.4) is 0 Å². The number of benzene rings is 1. The minimum Gasteiger partial charge on any atom is -0.480 e. The molecule has 1 aliphatic rings. The molecular weight excluding hydrogens is 326 g/mol. The first kappa shape index (κ1) is 14.6. The minimum absolute atomic E-state index is 0.0625. The van der Waals surface area contributed by atoms with Crippen molar-refractivity contribution in [2.45, 2.75) is 19.0 Å². The molecule has 0 fully saturated rings. The summed E-state index contributed by atoms with van der Waals surface area (Å²) in [5, 5.41) is 9.28. The standard InChI is InChI=1S/C14H14BrNO4/c1-2-5-20-14(19)16-8-10-6-11(15)4-3-9(10)7-12(16)13(17)18/h2-4,6,12H,1,5,7-8H2,(H,17,18)/t12-/m1/s1. The third kappa shape index (κ3) is 3.01. The van der Waals surface area contributed by atoms with Crippen molar-refractivity contribution in [3.05, 3.63) is 46.5 Å². The van der Waals surface area contributed by atoms with E-state index in [4.69, 9.17) is 4.74 Å². The Morgan fingerprint density at radius 1 is 1.50 bits per heavy atom. The second kappa shape index (κ2) is 6.09. The molecule has 0 radical (unpaired) electrons. The average Bonchev–Trinajstić information content (AvgIpc) is 2.43. The third-order valence-corrected chi connectivity index (χ3v) is 3.64. The summed E-state index contributed by atoms with van der Waals surface area (Å²) in [4.78, 5) is 24.5. The summed E-state index contributed by atoms with van der Waals surface area (Å²) in [6.45, 7) is 3.75. The molecule has 1 aromatic rings. The number of carbonyl (C=O) groups excluding carboxylic acids is 1. The third-order valence-electron chi connectivity index (χ3n) is 3.14. The Balaban J connectivity index is 2.27. The van der Waals surface area contributed by atoms with E-state index in [0.717, 1.165) is 15.6 Å². The Bertz CT molecular complexity index is 558. The zero-order chi connectivity index (χ0) is 14.7. The maximum Gasteiger partial charge on any atom is 0.411 e. The Kier molecular flexibility index (Phi) is 4.44. The first-order chi connectivity index (χ1) is 9.52. The summed E-state index contributed by atoms with van der Waals surface area (Å²) >= 11 is 3.37. The van der Waals surface area contributed by atoms with Crippen molar-refractivity contribution < 1.29 is 19.4 Å². The second-order valence-electron chi connectivity index (χ2n) is 4.46. The predicted molar refractivity (Wildman–Crippen MR) is 76.4 cm³/mol. The maximum atomic E-state index is 11.9. The van der Waals surface area contributed by atoms with Crippen molar-refractivity contribution in [2.75, 3.05) is 6.61 Å². The van der Waals surface area contributed by atoms with Crippen LogP contribution in [-0.2, 0) is 22.5 Å². The minimum atomic E-state index is -1.03. The largest absolute Gasteiger partial charge is 0.480 e. The number of amides is 1. The SMILES string of the molecule is C=CCOC(=O)N1Cc2cc(Br)ccc2C[C@@H]1C(=O)O. The smallest absolute Gasteiger partial charge is 0.411 e. The molecule has 1 atom stereocenters. The number of ether oxygens (including phenoxy) is 1. The summed E-state index contributed by atoms with van der Waals surface area (Å²) in [7, 11) is 0. The lowest BCUT2D eigenvalue weighted by Crippen LogP contribution is -2.48. The highest BCUT2D eigenvalue weighted by Gasteiger charge is 2.35. The van der Waals surface area contributed by atoms with Crippen LogP contribution in [0, 0.1) is 0 Å². The van der Waals surface area contributed by atoms with Gasteiger partial charge in [-0.2, -0.15) is 0 Å². The van der Waals surface area contributed by atoms with E-state index in [1.165, 1.54) is 11.0 Å². The summed E-state index contributed by atoms with van der Waals surface area (Å²) < 4.78 is 5.84. The number of carbonyl (C=O) groups is 2. The fourth-order valence-electron chi connectivity index (χ4n) is 2.18. The van der Waals surface area contributed by atoms with Gasteiger partial charge in [-0.25, -0.2) is 9.59 Å². The fourth-order valence-corrected chi connectivity index (χ4v) is 2.59. The highest BCUT2D eigenvalue weighted by Crippen LogP contribution is 2.27. The molecule has 0 aromatic heterocycles. The topological polar surface area (TPSA) is 66.8 Å². The van der Waals surface area contributed by atoms with Gasteiger partial charge in [-0.15, -0.1) is 0 Å². The van der Waals surface area contributed by atoms with Crippen LogP contribution in [0.2, 0.25) is 0 Å². The summed E-state index contributed by atoms with van der Waals surface area (Å²) in [5.74, 6) is -1.03. The Hall–Kier alpha value is -1.82. The van der Waals surface area contributed by atoms with Gasteiger partial charge >= 0.3 is 12.1 Å². The number of hydrogen-bond donors (Lipinski definition) is 1. The molecule has 6 heteroatoms. The van der Waals surface area contributed by atoms with Gasteiger partial charge in [0.2, 0.25) is 0 Å². The van der Waals surface area contributed by atoms with Crippen molar-refractivity contribution in [2.24, 2.45) is 0 Å². The van der Waals surface area contributed by atoms with Gasteiger partial charge in [0, 0.05) is 10.9 Å². The molecule has 0 saturated carbocycles. The van der Waals surface area contributed by atoms with Gasteiger partial charge < -0.3 is 9.84 Å². The van der Waals surface area contributed by atoms with Crippen molar-refractivity contribution in [1.29, 1.82) is 0 Å². The molecule has 0 bridgehead atoms. The Morgan fingerprint density at radius 3 is 2.90 bits per heavy atom. The van der Waals surface area contributed by atoms with E-state index in [1.807, 2.05) is 18.2 Å². The summed E-state index contributed by atoms with van der Waals surface area (Å²) in [5.41, 5.74) is 1.86. The lowest BCUT2D eigenvalue weighted by molar-refractivity contribution is -0.143. The van der Waals surface area contributed by atoms with Gasteiger partial charge in [-0.1, -0.05) is 34.7 Å². The summed E-state index contributed by atoms with van der Waals surface area (Å²) in [6, 6.07) is 4.73. The quantitative estimate of drug-likeness (QED) is 0.859. The van der Waals surface area contributed by atoms with Crippen LogP contribution >= 0.6 is 15.9 Å². The molecule has 1 N–H and O–H groups in total. The highest BCUT2D eigenvalue weighted by molar-refractivity contribution is 9.10. The van der Waals surface area contributed by atoms with Gasteiger partial charge in [0.15, 0.2) is 0 Å². The first-order valence-electron chi connectivity index (χ1n) is 6.07. The fraction of sp³-hybridized carbons (Fsp3) is 0.286. The van der Waals surface area contributed by atoms with Crippen molar-refractivity contribution in [3.8, 4) is 0 Å². The number of carboxylic acids is 1. The normalized spacial score (nSPS) is 17.2. The molecule has 1 heterocycles. The number of halogens is 1. The molecule has 106 valence electrons. The maximum absolute atomic E-state index is 11.9. The number of fused-ring (bicyclic) bond motifs is 1. The molecule has 0 unspecified atom stereocenters. The zero-order valence-electron chi connectivity index (χ0n) is 10.7. The molecule has 0 aliphatic carbocycles. The van der Waals surface area contributed by atoms with Crippen molar-refractivity contribution in [3.63, 3.8) is 0 Å². The average molecular weight is 340 g/mol. The predicted octanol–water partition coefficient (Wildman–Crippen LogP) is 2.58. The van der Waals surface area contributed by atoms with E-state index >= 15 is 0 Å². The highest BCUT2D eigenvalue weighted by atomic mass is 79.9. The van der Waals surface area contributed by atoms with E-state index in [2.05, 4.69) is 22.5 Å². The summed E-state index contributed by atoms with van der Waals surface area (Å²) in [6.07, 6.45) is 1.09. The second-order valence-corrected chi connectivity index (χ2v) is 5.38. The van der Waals surface area contributed by atoms with Crippen LogP contribution in [-0.4, -0.2) is 34.7 Å². The van der Waals surface area contributed by atoms with Gasteiger partial charge in [0.05, 0.1) is 6.54 Å². The Labute approximate surface area is 125 Å². The molecule has 1 aromatic carbocycles. The van der Waals surface area contributed by atoms with E-state index in [9.17, 15) is 14.7 Å². The van der Waals surface area contributed by atoms with Gasteiger partial charge in [0.25, 0.3) is 0 Å². The molecule has 5 nitrogen and oxygen atoms in total. The van der Waals surface area contributed by atoms with Crippen LogP contribution in [0.4, 0.5) is 4.79 Å². The van der Waals surface area contributed by atoms with E-state index < -0.39 is 18.1 Å².